The fourth-order valence-electron chi connectivity index (χ4n) is 1.55. The predicted molar refractivity (Wildman–Crippen MR) is 64.7 cm³/mol. The summed E-state index contributed by atoms with van der Waals surface area (Å²) >= 11 is 0. The standard InChI is InChI=1S/C13H16N2O2/c1-15-8-12(7-14-15)10-17-9-11-3-5-13(16-2)6-4-11/h3-8H,9-10H2,1-2H3. The average Bonchev–Trinajstić information content (AvgIpc) is 2.76. The van der Waals surface area contributed by atoms with Crippen molar-refractivity contribution in [2.75, 3.05) is 7.11 Å². The molecule has 0 aliphatic carbocycles. The molecule has 0 radical (unpaired) electrons. The monoisotopic (exact) mass is 232 g/mol. The number of benzene rings is 1. The zero-order valence-corrected chi connectivity index (χ0v) is 10.1. The lowest BCUT2D eigenvalue weighted by Crippen LogP contribution is -1.93. The lowest BCUT2D eigenvalue weighted by Gasteiger charge is -2.04. The molecule has 1 heterocycles. The third-order valence-electron chi connectivity index (χ3n) is 2.45. The minimum absolute atomic E-state index is 0.583. The van der Waals surface area contributed by atoms with Gasteiger partial charge in [0.2, 0.25) is 0 Å². The number of rotatable bonds is 5. The van der Waals surface area contributed by atoms with Crippen molar-refractivity contribution in [1.29, 1.82) is 0 Å². The maximum absolute atomic E-state index is 5.60. The average molecular weight is 232 g/mol. The molecule has 4 heteroatoms. The van der Waals surface area contributed by atoms with Crippen molar-refractivity contribution in [1.82, 2.24) is 9.78 Å². The van der Waals surface area contributed by atoms with Crippen LogP contribution in [0.5, 0.6) is 5.75 Å². The second-order valence-corrected chi connectivity index (χ2v) is 3.86. The van der Waals surface area contributed by atoms with Gasteiger partial charge in [-0.25, -0.2) is 0 Å². The van der Waals surface area contributed by atoms with Gasteiger partial charge in [-0.3, -0.25) is 4.68 Å². The fraction of sp³-hybridized carbons (Fsp3) is 0.308. The van der Waals surface area contributed by atoms with E-state index in [9.17, 15) is 0 Å². The van der Waals surface area contributed by atoms with Crippen LogP contribution in [-0.2, 0) is 25.0 Å². The molecule has 1 aromatic carbocycles. The third kappa shape index (κ3) is 3.32. The molecule has 0 bridgehead atoms. The van der Waals surface area contributed by atoms with E-state index in [1.54, 1.807) is 11.8 Å². The fourth-order valence-corrected chi connectivity index (χ4v) is 1.55. The number of nitrogens with zero attached hydrogens (tertiary/aromatic N) is 2. The van der Waals surface area contributed by atoms with Gasteiger partial charge >= 0.3 is 0 Å². The van der Waals surface area contributed by atoms with Crippen LogP contribution in [0, 0.1) is 0 Å². The van der Waals surface area contributed by atoms with Crippen molar-refractivity contribution in [3.05, 3.63) is 47.8 Å². The van der Waals surface area contributed by atoms with Crippen molar-refractivity contribution < 1.29 is 9.47 Å². The number of aryl methyl sites for hydroxylation is 1. The molecule has 0 aliphatic rings. The van der Waals surface area contributed by atoms with Crippen molar-refractivity contribution >= 4 is 0 Å². The normalized spacial score (nSPS) is 10.5. The van der Waals surface area contributed by atoms with E-state index < -0.39 is 0 Å². The highest BCUT2D eigenvalue weighted by Crippen LogP contribution is 2.12. The zero-order valence-electron chi connectivity index (χ0n) is 10.1. The highest BCUT2D eigenvalue weighted by molar-refractivity contribution is 5.26. The van der Waals surface area contributed by atoms with Gasteiger partial charge in [-0.2, -0.15) is 5.10 Å². The van der Waals surface area contributed by atoms with Crippen LogP contribution in [0.3, 0.4) is 0 Å². The molecular weight excluding hydrogens is 216 g/mol. The lowest BCUT2D eigenvalue weighted by atomic mass is 10.2. The Morgan fingerprint density at radius 2 is 1.82 bits per heavy atom. The van der Waals surface area contributed by atoms with Crippen LogP contribution >= 0.6 is 0 Å². The number of aromatic nitrogens is 2. The molecule has 0 aliphatic heterocycles. The Morgan fingerprint density at radius 1 is 1.12 bits per heavy atom. The van der Waals surface area contributed by atoms with E-state index in [4.69, 9.17) is 9.47 Å². The summed E-state index contributed by atoms with van der Waals surface area (Å²) in [6, 6.07) is 7.87. The summed E-state index contributed by atoms with van der Waals surface area (Å²) in [6.45, 7) is 1.18. The van der Waals surface area contributed by atoms with E-state index in [0.29, 0.717) is 13.2 Å². The first-order valence-electron chi connectivity index (χ1n) is 5.46. The molecular formula is C13H16N2O2. The van der Waals surface area contributed by atoms with E-state index in [2.05, 4.69) is 5.10 Å². The Morgan fingerprint density at radius 3 is 2.41 bits per heavy atom. The minimum atomic E-state index is 0.583. The van der Waals surface area contributed by atoms with Crippen LogP contribution in [0.2, 0.25) is 0 Å². The van der Waals surface area contributed by atoms with Gasteiger partial charge in [0, 0.05) is 18.8 Å². The number of hydrogen-bond donors (Lipinski definition) is 0. The first kappa shape index (κ1) is 11.7. The Hall–Kier alpha value is -1.81. The molecule has 2 rings (SSSR count). The Balaban J connectivity index is 1.81. The molecule has 17 heavy (non-hydrogen) atoms. The van der Waals surface area contributed by atoms with E-state index in [1.165, 1.54) is 0 Å². The summed E-state index contributed by atoms with van der Waals surface area (Å²) in [5.41, 5.74) is 2.22. The van der Waals surface area contributed by atoms with Gasteiger partial charge in [-0.15, -0.1) is 0 Å². The molecule has 4 nitrogen and oxygen atoms in total. The molecule has 1 aromatic heterocycles. The SMILES string of the molecule is COc1ccc(COCc2cnn(C)c2)cc1. The Bertz CT molecular complexity index is 463. The van der Waals surface area contributed by atoms with Crippen LogP contribution in [0.4, 0.5) is 0 Å². The van der Waals surface area contributed by atoms with Gasteiger partial charge in [0.1, 0.15) is 5.75 Å². The van der Waals surface area contributed by atoms with Gasteiger partial charge < -0.3 is 9.47 Å². The largest absolute Gasteiger partial charge is 0.497 e. The first-order valence-corrected chi connectivity index (χ1v) is 5.46. The summed E-state index contributed by atoms with van der Waals surface area (Å²) in [5.74, 6) is 0.862. The van der Waals surface area contributed by atoms with Gasteiger partial charge in [0.05, 0.1) is 26.5 Å². The quantitative estimate of drug-likeness (QED) is 0.792. The van der Waals surface area contributed by atoms with E-state index >= 15 is 0 Å². The highest BCUT2D eigenvalue weighted by Gasteiger charge is 1.98. The van der Waals surface area contributed by atoms with Crippen molar-refractivity contribution in [2.24, 2.45) is 7.05 Å². The molecule has 0 fully saturated rings. The smallest absolute Gasteiger partial charge is 0.118 e. The van der Waals surface area contributed by atoms with Crippen LogP contribution in [0.1, 0.15) is 11.1 Å². The van der Waals surface area contributed by atoms with Gasteiger partial charge in [-0.1, -0.05) is 12.1 Å². The van der Waals surface area contributed by atoms with Crippen LogP contribution in [0.25, 0.3) is 0 Å². The molecule has 2 aromatic rings. The maximum Gasteiger partial charge on any atom is 0.118 e. The predicted octanol–water partition coefficient (Wildman–Crippen LogP) is 2.15. The van der Waals surface area contributed by atoms with Crippen LogP contribution in [0.15, 0.2) is 36.7 Å². The topological polar surface area (TPSA) is 36.3 Å². The third-order valence-corrected chi connectivity index (χ3v) is 2.45. The highest BCUT2D eigenvalue weighted by atomic mass is 16.5. The van der Waals surface area contributed by atoms with Crippen molar-refractivity contribution in [3.63, 3.8) is 0 Å². The Kier molecular flexibility index (Phi) is 3.77. The summed E-state index contributed by atoms with van der Waals surface area (Å²) in [6.07, 6.45) is 3.77. The summed E-state index contributed by atoms with van der Waals surface area (Å²) in [4.78, 5) is 0. The lowest BCUT2D eigenvalue weighted by molar-refractivity contribution is 0.107. The van der Waals surface area contributed by atoms with E-state index in [1.807, 2.05) is 43.7 Å². The summed E-state index contributed by atoms with van der Waals surface area (Å²) in [7, 11) is 3.56. The molecule has 0 atom stereocenters. The minimum Gasteiger partial charge on any atom is -0.497 e. The maximum atomic E-state index is 5.60. The number of hydrogen-bond acceptors (Lipinski definition) is 3. The zero-order chi connectivity index (χ0) is 12.1. The molecule has 0 unspecified atom stereocenters. The molecule has 0 N–H and O–H groups in total. The van der Waals surface area contributed by atoms with Gasteiger partial charge in [-0.05, 0) is 17.7 Å². The summed E-state index contributed by atoms with van der Waals surface area (Å²) < 4.78 is 12.5. The van der Waals surface area contributed by atoms with Gasteiger partial charge in [0.25, 0.3) is 0 Å². The summed E-state index contributed by atoms with van der Waals surface area (Å²) in [5, 5.41) is 4.09. The first-order chi connectivity index (χ1) is 8.28. The van der Waals surface area contributed by atoms with E-state index in [-0.39, 0.29) is 0 Å². The molecule has 0 spiro atoms. The molecule has 0 saturated carbocycles. The van der Waals surface area contributed by atoms with E-state index in [0.717, 1.165) is 16.9 Å². The van der Waals surface area contributed by atoms with Crippen LogP contribution < -0.4 is 4.74 Å². The van der Waals surface area contributed by atoms with Crippen LogP contribution in [-0.4, -0.2) is 16.9 Å². The number of ether oxygens (including phenoxy) is 2. The van der Waals surface area contributed by atoms with Crippen molar-refractivity contribution in [2.45, 2.75) is 13.2 Å². The Labute approximate surface area is 101 Å². The second kappa shape index (κ2) is 5.50. The van der Waals surface area contributed by atoms with Crippen molar-refractivity contribution in [3.8, 4) is 5.75 Å². The second-order valence-electron chi connectivity index (χ2n) is 3.86. The molecule has 0 saturated heterocycles. The molecule has 0 amide bonds. The van der Waals surface area contributed by atoms with Gasteiger partial charge in [0.15, 0.2) is 0 Å². The number of methoxy groups -OCH3 is 1. The molecule has 90 valence electrons.